The molecule has 0 aliphatic heterocycles. The maximum Gasteiger partial charge on any atom is 0.247 e. The number of hydrogen-bond donors (Lipinski definition) is 2. The Hall–Kier alpha value is -0.250. The number of nitrogens with two attached hydrogens (primary N) is 1. The van der Waals surface area contributed by atoms with E-state index >= 15 is 0 Å². The van der Waals surface area contributed by atoms with Crippen LogP contribution in [0.3, 0.4) is 0 Å². The summed E-state index contributed by atoms with van der Waals surface area (Å²) in [6.07, 6.45) is 0. The summed E-state index contributed by atoms with van der Waals surface area (Å²) >= 11 is 2.67. The molecule has 2 aromatic rings. The van der Waals surface area contributed by atoms with Gasteiger partial charge in [0.1, 0.15) is 10.9 Å². The van der Waals surface area contributed by atoms with Crippen LogP contribution >= 0.6 is 35.1 Å². The van der Waals surface area contributed by atoms with Crippen LogP contribution in [0.1, 0.15) is 4.88 Å². The van der Waals surface area contributed by atoms with Gasteiger partial charge in [-0.3, -0.25) is 0 Å². The molecule has 2 heterocycles. The van der Waals surface area contributed by atoms with Crippen molar-refractivity contribution in [3.63, 3.8) is 0 Å². The Morgan fingerprint density at radius 2 is 2.06 bits per heavy atom. The average molecular weight is 331 g/mol. The summed E-state index contributed by atoms with van der Waals surface area (Å²) in [4.78, 5) is 1.06. The zero-order valence-corrected chi connectivity index (χ0v) is 12.4. The molecular weight excluding hydrogens is 319 g/mol. The molecule has 0 fully saturated rings. The first kappa shape index (κ1) is 15.8. The van der Waals surface area contributed by atoms with Crippen LogP contribution in [0.25, 0.3) is 9.40 Å². The topological polar surface area (TPSA) is 72.2 Å². The molecule has 9 heteroatoms. The van der Waals surface area contributed by atoms with Gasteiger partial charge in [-0.15, -0.1) is 35.1 Å². The fourth-order valence-electron chi connectivity index (χ4n) is 1.37. The van der Waals surface area contributed by atoms with Crippen LogP contribution < -0.4 is 10.5 Å². The molecule has 0 saturated heterocycles. The maximum absolute atomic E-state index is 11.9. The van der Waals surface area contributed by atoms with Crippen LogP contribution in [0.4, 0.5) is 4.39 Å². The van der Waals surface area contributed by atoms with E-state index in [0.717, 1.165) is 14.3 Å². The van der Waals surface area contributed by atoms with E-state index in [0.29, 0.717) is 13.1 Å². The van der Waals surface area contributed by atoms with Gasteiger partial charge >= 0.3 is 0 Å². The van der Waals surface area contributed by atoms with Crippen molar-refractivity contribution in [1.82, 2.24) is 5.32 Å². The Labute approximate surface area is 118 Å². The van der Waals surface area contributed by atoms with Gasteiger partial charge in [0.15, 0.2) is 0 Å². The third kappa shape index (κ3) is 3.62. The third-order valence-corrected chi connectivity index (χ3v) is 5.90. The normalized spacial score (nSPS) is 11.7. The lowest BCUT2D eigenvalue weighted by molar-refractivity contribution is 0.467. The molecule has 0 aromatic carbocycles. The molecule has 0 amide bonds. The Kier molecular flexibility index (Phi) is 5.50. The van der Waals surface area contributed by atoms with Crippen LogP contribution in [0.15, 0.2) is 16.3 Å². The Balaban J connectivity index is 0.00000162. The standard InChI is InChI=1S/C9H11FN2O2S3.ClH/c10-1-2-12-5-7-3-6-4-8(17(11,13)14)16-9(6)15-7;/h3-4,12H,1-2,5H2,(H2,11,13,14);1H. The van der Waals surface area contributed by atoms with Crippen LogP contribution in [-0.2, 0) is 16.6 Å². The number of halogens is 2. The van der Waals surface area contributed by atoms with E-state index in [1.807, 2.05) is 6.07 Å². The summed E-state index contributed by atoms with van der Waals surface area (Å²) in [6, 6.07) is 3.47. The largest absolute Gasteiger partial charge is 0.309 e. The van der Waals surface area contributed by atoms with E-state index in [9.17, 15) is 12.8 Å². The molecular formula is C9H12ClFN2O2S3. The third-order valence-electron chi connectivity index (χ3n) is 2.09. The summed E-state index contributed by atoms with van der Waals surface area (Å²) in [5, 5.41) is 8.87. The highest BCUT2D eigenvalue weighted by Gasteiger charge is 2.14. The van der Waals surface area contributed by atoms with Gasteiger partial charge in [0, 0.05) is 23.4 Å². The summed E-state index contributed by atoms with van der Waals surface area (Å²) in [5.41, 5.74) is 0. The van der Waals surface area contributed by atoms with Crippen LogP contribution in [-0.4, -0.2) is 21.6 Å². The highest BCUT2D eigenvalue weighted by Crippen LogP contribution is 2.35. The summed E-state index contributed by atoms with van der Waals surface area (Å²) in [5.74, 6) is 0. The predicted octanol–water partition coefficient (Wildman–Crippen LogP) is 2.09. The van der Waals surface area contributed by atoms with Crippen molar-refractivity contribution in [2.45, 2.75) is 10.8 Å². The second-order valence-electron chi connectivity index (χ2n) is 3.43. The lowest BCUT2D eigenvalue weighted by atomic mass is 10.3. The molecule has 2 rings (SSSR count). The zero-order valence-electron chi connectivity index (χ0n) is 9.18. The van der Waals surface area contributed by atoms with E-state index < -0.39 is 16.7 Å². The minimum Gasteiger partial charge on any atom is -0.309 e. The molecule has 2 aromatic heterocycles. The minimum atomic E-state index is -3.61. The molecule has 0 spiro atoms. The van der Waals surface area contributed by atoms with E-state index in [1.54, 1.807) is 6.07 Å². The fourth-order valence-corrected chi connectivity index (χ4v) is 4.73. The first-order valence-electron chi connectivity index (χ1n) is 4.82. The van der Waals surface area contributed by atoms with Crippen LogP contribution in [0, 0.1) is 0 Å². The SMILES string of the molecule is Cl.NS(=O)(=O)c1cc2cc(CNCCF)sc2s1. The molecule has 3 N–H and O–H groups in total. The first-order chi connectivity index (χ1) is 8.00. The Morgan fingerprint density at radius 1 is 1.33 bits per heavy atom. The molecule has 0 aliphatic carbocycles. The molecule has 0 aliphatic rings. The van der Waals surface area contributed by atoms with Crippen molar-refractivity contribution in [2.24, 2.45) is 5.14 Å². The number of primary sulfonamides is 1. The van der Waals surface area contributed by atoms with Gasteiger partial charge in [-0.2, -0.15) is 0 Å². The van der Waals surface area contributed by atoms with Crippen molar-refractivity contribution >= 4 is 54.5 Å². The molecule has 0 saturated carbocycles. The Morgan fingerprint density at radius 3 is 2.61 bits per heavy atom. The molecule has 0 radical (unpaired) electrons. The van der Waals surface area contributed by atoms with Gasteiger partial charge < -0.3 is 5.32 Å². The number of hydrogen-bond acceptors (Lipinski definition) is 5. The summed E-state index contributed by atoms with van der Waals surface area (Å²) in [7, 11) is -3.61. The van der Waals surface area contributed by atoms with Gasteiger partial charge in [0.25, 0.3) is 0 Å². The van der Waals surface area contributed by atoms with Gasteiger partial charge in [0.05, 0.1) is 4.01 Å². The summed E-state index contributed by atoms with van der Waals surface area (Å²) in [6.45, 7) is 0.532. The molecule has 4 nitrogen and oxygen atoms in total. The van der Waals surface area contributed by atoms with Crippen LogP contribution in [0.5, 0.6) is 0 Å². The van der Waals surface area contributed by atoms with E-state index in [1.165, 1.54) is 22.7 Å². The van der Waals surface area contributed by atoms with E-state index in [4.69, 9.17) is 5.14 Å². The highest BCUT2D eigenvalue weighted by atomic mass is 35.5. The molecule has 18 heavy (non-hydrogen) atoms. The molecule has 0 unspecified atom stereocenters. The highest BCUT2D eigenvalue weighted by molar-refractivity contribution is 7.91. The molecule has 0 atom stereocenters. The fraction of sp³-hybridized carbons (Fsp3) is 0.333. The van der Waals surface area contributed by atoms with Gasteiger partial charge in [-0.25, -0.2) is 17.9 Å². The number of sulfonamides is 1. The second kappa shape index (κ2) is 6.27. The van der Waals surface area contributed by atoms with Crippen molar-refractivity contribution in [2.75, 3.05) is 13.2 Å². The van der Waals surface area contributed by atoms with Gasteiger partial charge in [-0.1, -0.05) is 0 Å². The molecule has 0 bridgehead atoms. The Bertz CT molecular complexity index is 591. The number of fused-ring (bicyclic) bond motifs is 1. The number of alkyl halides is 1. The van der Waals surface area contributed by atoms with E-state index in [2.05, 4.69) is 5.32 Å². The van der Waals surface area contributed by atoms with Gasteiger partial charge in [0.2, 0.25) is 10.0 Å². The lowest BCUT2D eigenvalue weighted by Gasteiger charge is -1.97. The number of thiophene rings is 2. The monoisotopic (exact) mass is 330 g/mol. The number of nitrogens with one attached hydrogen (secondary N) is 1. The van der Waals surface area contributed by atoms with Crippen molar-refractivity contribution < 1.29 is 12.8 Å². The summed E-state index contributed by atoms with van der Waals surface area (Å²) < 4.78 is 35.3. The predicted molar refractivity (Wildman–Crippen MR) is 76.0 cm³/mol. The van der Waals surface area contributed by atoms with Crippen molar-refractivity contribution in [1.29, 1.82) is 0 Å². The van der Waals surface area contributed by atoms with Crippen LogP contribution in [0.2, 0.25) is 0 Å². The lowest BCUT2D eigenvalue weighted by Crippen LogP contribution is -2.14. The van der Waals surface area contributed by atoms with Crippen molar-refractivity contribution in [3.8, 4) is 0 Å². The second-order valence-corrected chi connectivity index (χ2v) is 7.67. The van der Waals surface area contributed by atoms with Gasteiger partial charge in [-0.05, 0) is 12.1 Å². The number of rotatable bonds is 5. The quantitative estimate of drug-likeness (QED) is 0.825. The van der Waals surface area contributed by atoms with E-state index in [-0.39, 0.29) is 16.6 Å². The molecule has 102 valence electrons. The first-order valence-corrected chi connectivity index (χ1v) is 8.00. The maximum atomic E-state index is 11.9. The average Bonchev–Trinajstić information content (AvgIpc) is 2.74. The van der Waals surface area contributed by atoms with Crippen molar-refractivity contribution in [3.05, 3.63) is 17.0 Å². The smallest absolute Gasteiger partial charge is 0.247 e. The zero-order chi connectivity index (χ0) is 12.5. The minimum absolute atomic E-state index is 0.